The quantitative estimate of drug-likeness (QED) is 0.853. The fourth-order valence-electron chi connectivity index (χ4n) is 3.46. The topological polar surface area (TPSA) is 72.1 Å². The van der Waals surface area contributed by atoms with Crippen LogP contribution < -0.4 is 0 Å². The number of hydrogen-bond donors (Lipinski definition) is 1. The summed E-state index contributed by atoms with van der Waals surface area (Å²) in [5, 5.41) is 10.9. The van der Waals surface area contributed by atoms with Gasteiger partial charge in [-0.05, 0) is 24.8 Å². The molecule has 1 aromatic rings. The molecule has 1 aromatic heterocycles. The number of hydrogen-bond acceptors (Lipinski definition) is 5. The van der Waals surface area contributed by atoms with Gasteiger partial charge in [0.25, 0.3) is 5.91 Å². The normalized spacial score (nSPS) is 23.4. The van der Waals surface area contributed by atoms with Gasteiger partial charge >= 0.3 is 0 Å². The average molecular weight is 351 g/mol. The zero-order chi connectivity index (χ0) is 17.9. The van der Waals surface area contributed by atoms with Crippen molar-refractivity contribution < 1.29 is 23.8 Å². The van der Waals surface area contributed by atoms with Crippen LogP contribution in [0.15, 0.2) is 16.7 Å². The molecule has 2 aliphatic heterocycles. The molecular formula is C19H29NO5. The summed E-state index contributed by atoms with van der Waals surface area (Å²) < 4.78 is 16.7. The van der Waals surface area contributed by atoms with E-state index < -0.39 is 5.60 Å². The highest BCUT2D eigenvalue weighted by Crippen LogP contribution is 2.35. The number of likely N-dealkylation sites (tertiary alicyclic amines) is 1. The van der Waals surface area contributed by atoms with Crippen molar-refractivity contribution >= 4 is 5.91 Å². The lowest BCUT2D eigenvalue weighted by Gasteiger charge is -2.31. The molecular weight excluding hydrogens is 322 g/mol. The maximum Gasteiger partial charge on any atom is 0.257 e. The van der Waals surface area contributed by atoms with Gasteiger partial charge in [-0.25, -0.2) is 0 Å². The molecule has 0 aromatic carbocycles. The molecule has 0 spiro atoms. The minimum absolute atomic E-state index is 0.0846. The predicted molar refractivity (Wildman–Crippen MR) is 92.4 cm³/mol. The zero-order valence-electron chi connectivity index (χ0n) is 15.2. The number of ether oxygens (including phenoxy) is 2. The van der Waals surface area contributed by atoms with Crippen LogP contribution >= 0.6 is 0 Å². The molecule has 6 heteroatoms. The van der Waals surface area contributed by atoms with E-state index in [2.05, 4.69) is 13.8 Å². The van der Waals surface area contributed by atoms with Gasteiger partial charge in [0.2, 0.25) is 0 Å². The Balaban J connectivity index is 1.62. The van der Waals surface area contributed by atoms with Gasteiger partial charge in [0, 0.05) is 45.8 Å². The van der Waals surface area contributed by atoms with Crippen LogP contribution in [0.1, 0.15) is 55.6 Å². The number of amides is 1. The van der Waals surface area contributed by atoms with Crippen molar-refractivity contribution in [1.82, 2.24) is 4.90 Å². The van der Waals surface area contributed by atoms with E-state index in [0.717, 1.165) is 19.4 Å². The highest BCUT2D eigenvalue weighted by molar-refractivity contribution is 5.95. The minimum Gasteiger partial charge on any atom is -0.465 e. The van der Waals surface area contributed by atoms with Gasteiger partial charge in [-0.15, -0.1) is 0 Å². The van der Waals surface area contributed by atoms with Crippen molar-refractivity contribution in [2.45, 2.75) is 51.2 Å². The van der Waals surface area contributed by atoms with Crippen LogP contribution in [0.5, 0.6) is 0 Å². The minimum atomic E-state index is -1.11. The van der Waals surface area contributed by atoms with E-state index in [1.165, 1.54) is 6.26 Å². The molecule has 2 saturated heterocycles. The van der Waals surface area contributed by atoms with Gasteiger partial charge < -0.3 is 23.9 Å². The zero-order valence-corrected chi connectivity index (χ0v) is 15.2. The summed E-state index contributed by atoms with van der Waals surface area (Å²) in [6, 6.07) is 1.66. The molecule has 6 nitrogen and oxygen atoms in total. The van der Waals surface area contributed by atoms with Crippen molar-refractivity contribution in [3.8, 4) is 0 Å². The SMILES string of the molecule is CC(C)CCOC1CCN(C(=O)c2ccoc2C2(O)CCOCC2)C1. The molecule has 0 radical (unpaired) electrons. The lowest BCUT2D eigenvalue weighted by molar-refractivity contribution is -0.0805. The Bertz CT molecular complexity index is 576. The molecule has 1 unspecified atom stereocenters. The summed E-state index contributed by atoms with van der Waals surface area (Å²) >= 11 is 0. The third-order valence-corrected chi connectivity index (χ3v) is 5.12. The first-order chi connectivity index (χ1) is 12.0. The summed E-state index contributed by atoms with van der Waals surface area (Å²) in [5.41, 5.74) is -0.646. The number of carbonyl (C=O) groups is 1. The average Bonchev–Trinajstić information content (AvgIpc) is 3.24. The molecule has 0 aliphatic carbocycles. The van der Waals surface area contributed by atoms with Crippen molar-refractivity contribution in [2.75, 3.05) is 32.9 Å². The Kier molecular flexibility index (Phi) is 5.81. The van der Waals surface area contributed by atoms with E-state index in [9.17, 15) is 9.90 Å². The summed E-state index contributed by atoms with van der Waals surface area (Å²) in [6.45, 7) is 7.31. The van der Waals surface area contributed by atoms with E-state index in [1.807, 2.05) is 0 Å². The monoisotopic (exact) mass is 351 g/mol. The van der Waals surface area contributed by atoms with E-state index in [4.69, 9.17) is 13.9 Å². The molecule has 0 bridgehead atoms. The maximum absolute atomic E-state index is 12.9. The molecule has 0 saturated carbocycles. The first-order valence-electron chi connectivity index (χ1n) is 9.28. The molecule has 1 atom stereocenters. The van der Waals surface area contributed by atoms with Crippen LogP contribution in [0.4, 0.5) is 0 Å². The largest absolute Gasteiger partial charge is 0.465 e. The summed E-state index contributed by atoms with van der Waals surface area (Å²) in [7, 11) is 0. The third-order valence-electron chi connectivity index (χ3n) is 5.12. The number of rotatable bonds is 6. The smallest absolute Gasteiger partial charge is 0.257 e. The predicted octanol–water partition coefficient (Wildman–Crippen LogP) is 2.55. The fraction of sp³-hybridized carbons (Fsp3) is 0.737. The van der Waals surface area contributed by atoms with Crippen molar-refractivity contribution in [2.24, 2.45) is 5.92 Å². The van der Waals surface area contributed by atoms with E-state index in [-0.39, 0.29) is 12.0 Å². The second-order valence-corrected chi connectivity index (χ2v) is 7.52. The first-order valence-corrected chi connectivity index (χ1v) is 9.28. The van der Waals surface area contributed by atoms with Gasteiger partial charge in [-0.3, -0.25) is 4.79 Å². The Morgan fingerprint density at radius 2 is 2.20 bits per heavy atom. The molecule has 140 valence electrons. The maximum atomic E-state index is 12.9. The Hall–Kier alpha value is -1.37. The van der Waals surface area contributed by atoms with Crippen molar-refractivity contribution in [3.63, 3.8) is 0 Å². The van der Waals surface area contributed by atoms with Crippen LogP contribution in [0.3, 0.4) is 0 Å². The molecule has 1 amide bonds. The van der Waals surface area contributed by atoms with Crippen molar-refractivity contribution in [1.29, 1.82) is 0 Å². The molecule has 3 rings (SSSR count). The van der Waals surface area contributed by atoms with Gasteiger partial charge in [0.05, 0.1) is 17.9 Å². The molecule has 2 fully saturated rings. The lowest BCUT2D eigenvalue weighted by Crippen LogP contribution is -2.36. The van der Waals surface area contributed by atoms with Crippen molar-refractivity contribution in [3.05, 3.63) is 23.7 Å². The van der Waals surface area contributed by atoms with Crippen LogP contribution in [-0.4, -0.2) is 54.9 Å². The molecule has 25 heavy (non-hydrogen) atoms. The number of furan rings is 1. The Morgan fingerprint density at radius 3 is 2.92 bits per heavy atom. The van der Waals surface area contributed by atoms with Gasteiger partial charge in [0.15, 0.2) is 0 Å². The van der Waals surface area contributed by atoms with Crippen LogP contribution in [0.25, 0.3) is 0 Å². The second-order valence-electron chi connectivity index (χ2n) is 7.52. The fourth-order valence-corrected chi connectivity index (χ4v) is 3.46. The van der Waals surface area contributed by atoms with E-state index in [0.29, 0.717) is 56.4 Å². The molecule has 3 heterocycles. The van der Waals surface area contributed by atoms with Gasteiger partial charge in [-0.2, -0.15) is 0 Å². The lowest BCUT2D eigenvalue weighted by atomic mass is 9.89. The van der Waals surface area contributed by atoms with E-state index >= 15 is 0 Å². The number of nitrogens with zero attached hydrogens (tertiary/aromatic N) is 1. The highest BCUT2D eigenvalue weighted by atomic mass is 16.5. The van der Waals surface area contributed by atoms with Crippen LogP contribution in [0, 0.1) is 5.92 Å². The summed E-state index contributed by atoms with van der Waals surface area (Å²) in [5.74, 6) is 0.913. The Labute approximate surface area is 149 Å². The third kappa shape index (κ3) is 4.25. The Morgan fingerprint density at radius 1 is 1.44 bits per heavy atom. The first kappa shape index (κ1) is 18.4. The number of aliphatic hydroxyl groups is 1. The molecule has 1 N–H and O–H groups in total. The van der Waals surface area contributed by atoms with Crippen LogP contribution in [-0.2, 0) is 15.1 Å². The standard InChI is InChI=1S/C19H29NO5/c1-14(2)4-9-24-15-3-8-20(13-15)18(21)16-5-10-25-17(16)19(22)6-11-23-12-7-19/h5,10,14-15,22H,3-4,6-9,11-13H2,1-2H3. The summed E-state index contributed by atoms with van der Waals surface area (Å²) in [4.78, 5) is 14.7. The summed E-state index contributed by atoms with van der Waals surface area (Å²) in [6.07, 6.45) is 4.37. The van der Waals surface area contributed by atoms with E-state index in [1.54, 1.807) is 11.0 Å². The highest BCUT2D eigenvalue weighted by Gasteiger charge is 2.40. The van der Waals surface area contributed by atoms with Gasteiger partial charge in [0.1, 0.15) is 11.4 Å². The second kappa shape index (κ2) is 7.89. The number of carbonyl (C=O) groups excluding carboxylic acids is 1. The van der Waals surface area contributed by atoms with Crippen LogP contribution in [0.2, 0.25) is 0 Å². The van der Waals surface area contributed by atoms with Gasteiger partial charge in [-0.1, -0.05) is 13.8 Å². The molecule has 2 aliphatic rings.